The number of nitrogens with zero attached hydrogens (tertiary/aromatic N) is 2. The van der Waals surface area contributed by atoms with Gasteiger partial charge in [0.2, 0.25) is 0 Å². The number of pyridine rings is 1. The fraction of sp³-hybridized carbons (Fsp3) is 0. The van der Waals surface area contributed by atoms with E-state index in [1.807, 2.05) is 6.07 Å². The molecule has 0 amide bonds. The van der Waals surface area contributed by atoms with Gasteiger partial charge in [-0.25, -0.2) is 9.97 Å². The number of rotatable bonds is 2. The molecule has 0 aromatic carbocycles. The SMILES string of the molecule is Brc1cnc(Sc2ncc[nH]2)c(Br)c1. The molecule has 0 saturated carbocycles. The van der Waals surface area contributed by atoms with Crippen molar-refractivity contribution in [1.82, 2.24) is 15.0 Å². The van der Waals surface area contributed by atoms with Crippen molar-refractivity contribution in [3.63, 3.8) is 0 Å². The van der Waals surface area contributed by atoms with Crippen molar-refractivity contribution in [3.8, 4) is 0 Å². The number of halogens is 2. The fourth-order valence-electron chi connectivity index (χ4n) is 0.875. The van der Waals surface area contributed by atoms with E-state index in [0.717, 1.165) is 19.1 Å². The maximum absolute atomic E-state index is 4.26. The Labute approximate surface area is 102 Å². The van der Waals surface area contributed by atoms with Gasteiger partial charge >= 0.3 is 0 Å². The summed E-state index contributed by atoms with van der Waals surface area (Å²) in [6, 6.07) is 1.96. The lowest BCUT2D eigenvalue weighted by atomic mass is 10.5. The molecule has 2 aromatic heterocycles. The molecule has 0 saturated heterocycles. The average Bonchev–Trinajstić information content (AvgIpc) is 2.62. The minimum atomic E-state index is 0.834. The molecule has 0 atom stereocenters. The molecular weight excluding hydrogens is 330 g/mol. The highest BCUT2D eigenvalue weighted by atomic mass is 79.9. The summed E-state index contributed by atoms with van der Waals surface area (Å²) < 4.78 is 1.90. The topological polar surface area (TPSA) is 41.6 Å². The first-order valence-electron chi connectivity index (χ1n) is 3.74. The molecule has 2 rings (SSSR count). The van der Waals surface area contributed by atoms with Gasteiger partial charge in [0.15, 0.2) is 5.16 Å². The molecule has 0 aliphatic rings. The molecule has 2 heterocycles. The van der Waals surface area contributed by atoms with Crippen molar-refractivity contribution in [2.45, 2.75) is 10.2 Å². The highest BCUT2D eigenvalue weighted by Gasteiger charge is 2.05. The summed E-state index contributed by atoms with van der Waals surface area (Å²) in [6.45, 7) is 0. The predicted octanol–water partition coefficient (Wildman–Crippen LogP) is 3.48. The third-order valence-corrected chi connectivity index (χ3v) is 3.68. The van der Waals surface area contributed by atoms with E-state index in [9.17, 15) is 0 Å². The number of hydrogen-bond acceptors (Lipinski definition) is 3. The molecule has 0 aliphatic carbocycles. The highest BCUT2D eigenvalue weighted by Crippen LogP contribution is 2.30. The van der Waals surface area contributed by atoms with Gasteiger partial charge in [-0.15, -0.1) is 0 Å². The molecule has 72 valence electrons. The van der Waals surface area contributed by atoms with Gasteiger partial charge in [0, 0.05) is 23.1 Å². The molecule has 6 heteroatoms. The molecular formula is C8H5Br2N3S. The van der Waals surface area contributed by atoms with Crippen molar-refractivity contribution in [3.05, 3.63) is 33.6 Å². The van der Waals surface area contributed by atoms with E-state index in [2.05, 4.69) is 46.8 Å². The van der Waals surface area contributed by atoms with Gasteiger partial charge in [0.05, 0.1) is 4.47 Å². The van der Waals surface area contributed by atoms with Crippen molar-refractivity contribution in [1.29, 1.82) is 0 Å². The van der Waals surface area contributed by atoms with Crippen LogP contribution in [0, 0.1) is 0 Å². The van der Waals surface area contributed by atoms with Crippen LogP contribution in [0.25, 0.3) is 0 Å². The third kappa shape index (κ3) is 2.37. The van der Waals surface area contributed by atoms with E-state index in [-0.39, 0.29) is 0 Å². The number of H-pyrrole nitrogens is 1. The van der Waals surface area contributed by atoms with Gasteiger partial charge in [-0.2, -0.15) is 0 Å². The Balaban J connectivity index is 2.25. The second-order valence-electron chi connectivity index (χ2n) is 2.44. The first-order valence-corrected chi connectivity index (χ1v) is 6.14. The minimum Gasteiger partial charge on any atom is -0.339 e. The number of aromatic amines is 1. The summed E-state index contributed by atoms with van der Waals surface area (Å²) in [5, 5.41) is 1.73. The van der Waals surface area contributed by atoms with Crippen molar-refractivity contribution in [2.24, 2.45) is 0 Å². The molecule has 0 bridgehead atoms. The second-order valence-corrected chi connectivity index (χ2v) is 5.18. The molecule has 0 radical (unpaired) electrons. The van der Waals surface area contributed by atoms with Crippen molar-refractivity contribution >= 4 is 43.6 Å². The van der Waals surface area contributed by atoms with Gasteiger partial charge in [-0.1, -0.05) is 0 Å². The fourth-order valence-corrected chi connectivity index (χ4v) is 2.79. The molecule has 0 fully saturated rings. The lowest BCUT2D eigenvalue weighted by Gasteiger charge is -2.00. The Hall–Kier alpha value is -0.330. The Morgan fingerprint density at radius 2 is 2.14 bits per heavy atom. The Kier molecular flexibility index (Phi) is 3.25. The van der Waals surface area contributed by atoms with Crippen LogP contribution in [0.15, 0.2) is 43.8 Å². The Morgan fingerprint density at radius 1 is 1.29 bits per heavy atom. The van der Waals surface area contributed by atoms with Crippen LogP contribution in [0.4, 0.5) is 0 Å². The summed E-state index contributed by atoms with van der Waals surface area (Å²) >= 11 is 8.27. The van der Waals surface area contributed by atoms with Crippen LogP contribution in [0.3, 0.4) is 0 Å². The molecule has 0 spiro atoms. The van der Waals surface area contributed by atoms with Gasteiger partial charge in [0.1, 0.15) is 5.03 Å². The van der Waals surface area contributed by atoms with Crippen LogP contribution < -0.4 is 0 Å². The summed E-state index contributed by atoms with van der Waals surface area (Å²) in [4.78, 5) is 11.4. The number of aromatic nitrogens is 3. The molecule has 2 aromatic rings. The zero-order valence-corrected chi connectivity index (χ0v) is 10.9. The first-order chi connectivity index (χ1) is 6.75. The van der Waals surface area contributed by atoms with E-state index in [1.165, 1.54) is 11.8 Å². The molecule has 0 aliphatic heterocycles. The van der Waals surface area contributed by atoms with Gasteiger partial charge in [0.25, 0.3) is 0 Å². The van der Waals surface area contributed by atoms with Crippen LogP contribution in [-0.2, 0) is 0 Å². The molecule has 1 N–H and O–H groups in total. The molecule has 0 unspecified atom stereocenters. The number of nitrogens with one attached hydrogen (secondary N) is 1. The summed E-state index contributed by atoms with van der Waals surface area (Å²) in [5.41, 5.74) is 0. The zero-order chi connectivity index (χ0) is 9.97. The third-order valence-electron chi connectivity index (χ3n) is 1.44. The van der Waals surface area contributed by atoms with E-state index < -0.39 is 0 Å². The van der Waals surface area contributed by atoms with Crippen LogP contribution >= 0.6 is 43.6 Å². The average molecular weight is 335 g/mol. The normalized spacial score (nSPS) is 10.4. The lowest BCUT2D eigenvalue weighted by molar-refractivity contribution is 1.03. The van der Waals surface area contributed by atoms with Gasteiger partial charge < -0.3 is 4.98 Å². The Morgan fingerprint density at radius 3 is 2.79 bits per heavy atom. The van der Waals surface area contributed by atoms with E-state index in [1.54, 1.807) is 18.6 Å². The monoisotopic (exact) mass is 333 g/mol. The van der Waals surface area contributed by atoms with Crippen molar-refractivity contribution < 1.29 is 0 Å². The Bertz CT molecular complexity index is 430. The van der Waals surface area contributed by atoms with Crippen LogP contribution in [0.5, 0.6) is 0 Å². The predicted molar refractivity (Wildman–Crippen MR) is 62.3 cm³/mol. The number of imidazole rings is 1. The quantitative estimate of drug-likeness (QED) is 0.914. The molecule has 3 nitrogen and oxygen atoms in total. The van der Waals surface area contributed by atoms with Crippen LogP contribution in [-0.4, -0.2) is 15.0 Å². The summed E-state index contributed by atoms with van der Waals surface area (Å²) in [5.74, 6) is 0. The largest absolute Gasteiger partial charge is 0.339 e. The standard InChI is InChI=1S/C8H5Br2N3S/c9-5-3-6(10)7(13-4-5)14-8-11-1-2-12-8/h1-4H,(H,11,12). The maximum Gasteiger partial charge on any atom is 0.171 e. The van der Waals surface area contributed by atoms with E-state index >= 15 is 0 Å². The summed E-state index contributed by atoms with van der Waals surface area (Å²) in [6.07, 6.45) is 5.26. The van der Waals surface area contributed by atoms with Crippen molar-refractivity contribution in [2.75, 3.05) is 0 Å². The van der Waals surface area contributed by atoms with Crippen LogP contribution in [0.1, 0.15) is 0 Å². The van der Waals surface area contributed by atoms with Crippen LogP contribution in [0.2, 0.25) is 0 Å². The smallest absolute Gasteiger partial charge is 0.171 e. The van der Waals surface area contributed by atoms with Gasteiger partial charge in [-0.3, -0.25) is 0 Å². The van der Waals surface area contributed by atoms with E-state index in [4.69, 9.17) is 0 Å². The lowest BCUT2D eigenvalue weighted by Crippen LogP contribution is -1.83. The second kappa shape index (κ2) is 4.46. The van der Waals surface area contributed by atoms with E-state index in [0.29, 0.717) is 0 Å². The van der Waals surface area contributed by atoms with Gasteiger partial charge in [-0.05, 0) is 49.7 Å². The number of hydrogen-bond donors (Lipinski definition) is 1. The highest BCUT2D eigenvalue weighted by molar-refractivity contribution is 9.11. The first kappa shape index (κ1) is 10.2. The zero-order valence-electron chi connectivity index (χ0n) is 6.87. The molecule has 14 heavy (non-hydrogen) atoms. The minimum absolute atomic E-state index is 0.834. The summed E-state index contributed by atoms with van der Waals surface area (Å²) in [7, 11) is 0. The maximum atomic E-state index is 4.26.